The molecule has 0 radical (unpaired) electrons. The van der Waals surface area contributed by atoms with E-state index in [9.17, 15) is 9.59 Å². The first kappa shape index (κ1) is 17.3. The lowest BCUT2D eigenvalue weighted by atomic mass is 10.0. The zero-order valence-corrected chi connectivity index (χ0v) is 14.8. The average molecular weight is 359 g/mol. The molecule has 0 fully saturated rings. The molecule has 6 heteroatoms. The molecular formula is C19H19ClN2O3. The smallest absolute Gasteiger partial charge is 0.265 e. The average Bonchev–Trinajstić information content (AvgIpc) is 2.58. The summed E-state index contributed by atoms with van der Waals surface area (Å²) < 4.78 is 5.37. The highest BCUT2D eigenvalue weighted by Crippen LogP contribution is 2.34. The number of rotatable bonds is 4. The minimum Gasteiger partial charge on any atom is -0.482 e. The minimum absolute atomic E-state index is 0.0806. The van der Waals surface area contributed by atoms with Crippen LogP contribution in [0.5, 0.6) is 5.75 Å². The molecule has 0 bridgehead atoms. The van der Waals surface area contributed by atoms with E-state index in [-0.39, 0.29) is 25.0 Å². The number of fused-ring (bicyclic) bond motifs is 1. The topological polar surface area (TPSA) is 58.6 Å². The largest absolute Gasteiger partial charge is 0.482 e. The normalized spacial score (nSPS) is 13.4. The summed E-state index contributed by atoms with van der Waals surface area (Å²) in [5, 5.41) is 3.33. The Labute approximate surface area is 151 Å². The number of nitrogens with one attached hydrogen (secondary N) is 1. The zero-order chi connectivity index (χ0) is 18.0. The van der Waals surface area contributed by atoms with Gasteiger partial charge in [-0.2, -0.15) is 0 Å². The van der Waals surface area contributed by atoms with Crippen LogP contribution in [0.4, 0.5) is 11.4 Å². The van der Waals surface area contributed by atoms with E-state index in [4.69, 9.17) is 16.3 Å². The number of carbonyl (C=O) groups excluding carboxylic acids is 2. The van der Waals surface area contributed by atoms with Gasteiger partial charge in [0.05, 0.1) is 5.69 Å². The summed E-state index contributed by atoms with van der Waals surface area (Å²) in [5.74, 6) is 0.397. The standard InChI is InChI=1S/C19H19ClN2O3/c1-12(2)13-3-6-15(7-4-13)21-18(23)10-22-16-8-5-14(20)9-17(16)25-11-19(22)24/h3-9,12H,10-11H2,1-2H3,(H,21,23). The lowest BCUT2D eigenvalue weighted by Gasteiger charge is -2.28. The molecule has 1 aliphatic rings. The zero-order valence-electron chi connectivity index (χ0n) is 14.1. The first-order chi connectivity index (χ1) is 11.9. The van der Waals surface area contributed by atoms with Gasteiger partial charge in [-0.1, -0.05) is 37.6 Å². The van der Waals surface area contributed by atoms with E-state index in [0.717, 1.165) is 0 Å². The third-order valence-corrected chi connectivity index (χ3v) is 4.26. The van der Waals surface area contributed by atoms with Gasteiger partial charge in [0, 0.05) is 16.8 Å². The van der Waals surface area contributed by atoms with Gasteiger partial charge in [0.1, 0.15) is 12.3 Å². The number of carbonyl (C=O) groups is 2. The molecule has 25 heavy (non-hydrogen) atoms. The van der Waals surface area contributed by atoms with Crippen molar-refractivity contribution in [2.45, 2.75) is 19.8 Å². The van der Waals surface area contributed by atoms with Gasteiger partial charge in [-0.15, -0.1) is 0 Å². The van der Waals surface area contributed by atoms with Gasteiger partial charge in [-0.3, -0.25) is 14.5 Å². The first-order valence-corrected chi connectivity index (χ1v) is 8.44. The van der Waals surface area contributed by atoms with Crippen LogP contribution < -0.4 is 15.0 Å². The molecule has 1 aliphatic heterocycles. The van der Waals surface area contributed by atoms with E-state index >= 15 is 0 Å². The van der Waals surface area contributed by atoms with E-state index in [0.29, 0.717) is 28.1 Å². The predicted octanol–water partition coefficient (Wildman–Crippen LogP) is 3.83. The van der Waals surface area contributed by atoms with Crippen LogP contribution in [-0.2, 0) is 9.59 Å². The number of hydrogen-bond donors (Lipinski definition) is 1. The SMILES string of the molecule is CC(C)c1ccc(NC(=O)CN2C(=O)COc3cc(Cl)ccc32)cc1. The molecule has 5 nitrogen and oxygen atoms in total. The summed E-state index contributed by atoms with van der Waals surface area (Å²) in [5.41, 5.74) is 2.45. The maximum absolute atomic E-state index is 12.3. The lowest BCUT2D eigenvalue weighted by molar-refractivity contribution is -0.123. The number of amides is 2. The molecule has 0 atom stereocenters. The second-order valence-electron chi connectivity index (χ2n) is 6.21. The van der Waals surface area contributed by atoms with E-state index in [1.165, 1.54) is 10.5 Å². The first-order valence-electron chi connectivity index (χ1n) is 8.06. The van der Waals surface area contributed by atoms with Gasteiger partial charge < -0.3 is 10.1 Å². The molecule has 0 aromatic heterocycles. The monoisotopic (exact) mass is 358 g/mol. The molecule has 0 unspecified atom stereocenters. The molecule has 2 amide bonds. The molecule has 1 N–H and O–H groups in total. The fourth-order valence-corrected chi connectivity index (χ4v) is 2.81. The van der Waals surface area contributed by atoms with Gasteiger partial charge in [0.25, 0.3) is 5.91 Å². The Bertz CT molecular complexity index is 803. The van der Waals surface area contributed by atoms with Crippen LogP contribution >= 0.6 is 11.6 Å². The van der Waals surface area contributed by atoms with Crippen molar-refractivity contribution in [1.29, 1.82) is 0 Å². The predicted molar refractivity (Wildman–Crippen MR) is 98.5 cm³/mol. The van der Waals surface area contributed by atoms with Crippen molar-refractivity contribution in [3.05, 3.63) is 53.1 Å². The molecule has 3 rings (SSSR count). The number of anilines is 2. The number of ether oxygens (including phenoxy) is 1. The summed E-state index contributed by atoms with van der Waals surface area (Å²) in [4.78, 5) is 25.9. The van der Waals surface area contributed by atoms with Crippen molar-refractivity contribution >= 4 is 34.8 Å². The number of hydrogen-bond acceptors (Lipinski definition) is 3. The maximum Gasteiger partial charge on any atom is 0.265 e. The fourth-order valence-electron chi connectivity index (χ4n) is 2.65. The molecular weight excluding hydrogens is 340 g/mol. The van der Waals surface area contributed by atoms with E-state index in [1.54, 1.807) is 18.2 Å². The Hall–Kier alpha value is -2.53. The Morgan fingerprint density at radius 3 is 2.64 bits per heavy atom. The van der Waals surface area contributed by atoms with Crippen molar-refractivity contribution < 1.29 is 14.3 Å². The Morgan fingerprint density at radius 1 is 1.24 bits per heavy atom. The molecule has 0 saturated heterocycles. The molecule has 2 aromatic rings. The highest BCUT2D eigenvalue weighted by molar-refractivity contribution is 6.31. The number of halogens is 1. The molecule has 0 spiro atoms. The molecule has 0 aliphatic carbocycles. The van der Waals surface area contributed by atoms with Crippen LogP contribution in [0.15, 0.2) is 42.5 Å². The van der Waals surface area contributed by atoms with Crippen LogP contribution in [0.1, 0.15) is 25.3 Å². The molecule has 1 heterocycles. The van der Waals surface area contributed by atoms with Crippen LogP contribution in [0.3, 0.4) is 0 Å². The van der Waals surface area contributed by atoms with Gasteiger partial charge in [0.15, 0.2) is 6.61 Å². The van der Waals surface area contributed by atoms with Crippen molar-refractivity contribution in [2.75, 3.05) is 23.4 Å². The van der Waals surface area contributed by atoms with Crippen LogP contribution in [-0.4, -0.2) is 25.0 Å². The van der Waals surface area contributed by atoms with Gasteiger partial charge in [-0.05, 0) is 35.7 Å². The van der Waals surface area contributed by atoms with Crippen LogP contribution in [0.2, 0.25) is 5.02 Å². The van der Waals surface area contributed by atoms with Crippen molar-refractivity contribution in [1.82, 2.24) is 0 Å². The highest BCUT2D eigenvalue weighted by Gasteiger charge is 2.27. The summed E-state index contributed by atoms with van der Waals surface area (Å²) in [6, 6.07) is 12.7. The third kappa shape index (κ3) is 3.94. The molecule has 0 saturated carbocycles. The summed E-state index contributed by atoms with van der Waals surface area (Å²) in [6.45, 7) is 4.04. The second kappa shape index (κ2) is 7.15. The van der Waals surface area contributed by atoms with Gasteiger partial charge >= 0.3 is 0 Å². The highest BCUT2D eigenvalue weighted by atomic mass is 35.5. The second-order valence-corrected chi connectivity index (χ2v) is 6.64. The molecule has 130 valence electrons. The number of nitrogens with zero attached hydrogens (tertiary/aromatic N) is 1. The van der Waals surface area contributed by atoms with E-state index < -0.39 is 0 Å². The fraction of sp³-hybridized carbons (Fsp3) is 0.263. The van der Waals surface area contributed by atoms with Crippen LogP contribution in [0, 0.1) is 0 Å². The molecule has 2 aromatic carbocycles. The van der Waals surface area contributed by atoms with E-state index in [2.05, 4.69) is 19.2 Å². The minimum atomic E-state index is -0.270. The number of benzene rings is 2. The summed E-state index contributed by atoms with van der Waals surface area (Å²) in [7, 11) is 0. The van der Waals surface area contributed by atoms with Gasteiger partial charge in [-0.25, -0.2) is 0 Å². The third-order valence-electron chi connectivity index (χ3n) is 4.03. The van der Waals surface area contributed by atoms with E-state index in [1.807, 2.05) is 24.3 Å². The Balaban J connectivity index is 1.71. The summed E-state index contributed by atoms with van der Waals surface area (Å²) in [6.07, 6.45) is 0. The van der Waals surface area contributed by atoms with Crippen molar-refractivity contribution in [2.24, 2.45) is 0 Å². The van der Waals surface area contributed by atoms with Crippen molar-refractivity contribution in [3.8, 4) is 5.75 Å². The maximum atomic E-state index is 12.3. The van der Waals surface area contributed by atoms with Crippen LogP contribution in [0.25, 0.3) is 0 Å². The Kier molecular flexibility index (Phi) is 4.95. The van der Waals surface area contributed by atoms with Gasteiger partial charge in [0.2, 0.25) is 5.91 Å². The quantitative estimate of drug-likeness (QED) is 0.903. The summed E-state index contributed by atoms with van der Waals surface area (Å²) >= 11 is 5.95. The Morgan fingerprint density at radius 2 is 1.96 bits per heavy atom. The van der Waals surface area contributed by atoms with Crippen molar-refractivity contribution in [3.63, 3.8) is 0 Å². The lowest BCUT2D eigenvalue weighted by Crippen LogP contribution is -2.43.